The van der Waals surface area contributed by atoms with Gasteiger partial charge in [0.2, 0.25) is 11.8 Å². The molecule has 1 aliphatic heterocycles. The van der Waals surface area contributed by atoms with E-state index in [2.05, 4.69) is 20.9 Å². The van der Waals surface area contributed by atoms with Crippen LogP contribution in [0.25, 0.3) is 0 Å². The molecule has 34 heavy (non-hydrogen) atoms. The topological polar surface area (TPSA) is 112 Å². The van der Waals surface area contributed by atoms with Crippen molar-refractivity contribution in [3.05, 3.63) is 11.9 Å². The first-order chi connectivity index (χ1) is 16.7. The number of nitrogens with one attached hydrogen (secondary N) is 2. The van der Waals surface area contributed by atoms with Crippen LogP contribution in [0.1, 0.15) is 75.9 Å². The molecule has 0 radical (unpaired) electrons. The Morgan fingerprint density at radius 3 is 2.47 bits per heavy atom. The van der Waals surface area contributed by atoms with E-state index in [0.29, 0.717) is 37.4 Å². The van der Waals surface area contributed by atoms with Gasteiger partial charge in [-0.05, 0) is 31.3 Å². The number of nitrogens with zero attached hydrogens (tertiary/aromatic N) is 4. The van der Waals surface area contributed by atoms with E-state index in [1.165, 1.54) is 25.7 Å². The van der Waals surface area contributed by atoms with Crippen molar-refractivity contribution in [3.63, 3.8) is 0 Å². The fraction of sp³-hybridized carbons (Fsp3) is 0.833. The zero-order valence-electron chi connectivity index (χ0n) is 20.8. The maximum Gasteiger partial charge on any atom is 0.244 e. The van der Waals surface area contributed by atoms with E-state index in [0.717, 1.165) is 57.6 Å². The van der Waals surface area contributed by atoms with Gasteiger partial charge < -0.3 is 20.6 Å². The molecule has 1 atom stereocenters. The summed E-state index contributed by atoms with van der Waals surface area (Å²) in [5, 5.41) is 23.6. The smallest absolute Gasteiger partial charge is 0.244 e. The summed E-state index contributed by atoms with van der Waals surface area (Å²) in [5.74, 6) is 1.18. The number of unbranched alkanes of at least 4 members (excludes halogenated alkanes) is 7. The van der Waals surface area contributed by atoms with Crippen molar-refractivity contribution in [2.24, 2.45) is 0 Å². The van der Waals surface area contributed by atoms with E-state index in [1.807, 2.05) is 11.2 Å². The predicted molar refractivity (Wildman–Crippen MR) is 137 cm³/mol. The minimum absolute atomic E-state index is 0.00939. The molecule has 1 aromatic rings. The van der Waals surface area contributed by atoms with Gasteiger partial charge in [-0.25, -0.2) is 4.68 Å². The summed E-state index contributed by atoms with van der Waals surface area (Å²) < 4.78 is 1.63. The summed E-state index contributed by atoms with van der Waals surface area (Å²) in [6.45, 7) is 4.25. The van der Waals surface area contributed by atoms with Gasteiger partial charge in [-0.3, -0.25) is 9.59 Å². The van der Waals surface area contributed by atoms with Crippen LogP contribution in [0.3, 0.4) is 0 Å². The third kappa shape index (κ3) is 11.2. The van der Waals surface area contributed by atoms with Gasteiger partial charge in [-0.1, -0.05) is 43.7 Å². The van der Waals surface area contributed by atoms with E-state index in [4.69, 9.17) is 5.11 Å². The zero-order valence-corrected chi connectivity index (χ0v) is 21.7. The first-order valence-electron chi connectivity index (χ1n) is 12.9. The molecule has 3 N–H and O–H groups in total. The fourth-order valence-electron chi connectivity index (χ4n) is 4.17. The van der Waals surface area contributed by atoms with E-state index in [1.54, 1.807) is 22.6 Å². The van der Waals surface area contributed by atoms with Crippen molar-refractivity contribution in [1.82, 2.24) is 30.5 Å². The minimum atomic E-state index is -0.356. The molecule has 0 aliphatic carbocycles. The summed E-state index contributed by atoms with van der Waals surface area (Å²) in [6.07, 6.45) is 14.7. The molecular weight excluding hydrogens is 452 g/mol. The lowest BCUT2D eigenvalue weighted by Gasteiger charge is -2.27. The molecule has 1 aliphatic rings. The Morgan fingerprint density at radius 1 is 1.12 bits per heavy atom. The van der Waals surface area contributed by atoms with Crippen LogP contribution >= 0.6 is 11.8 Å². The maximum absolute atomic E-state index is 12.7. The molecule has 0 spiro atoms. The first kappa shape index (κ1) is 28.6. The van der Waals surface area contributed by atoms with Gasteiger partial charge in [0.1, 0.15) is 6.04 Å². The molecule has 2 heterocycles. The zero-order chi connectivity index (χ0) is 24.4. The molecule has 0 saturated carbocycles. The Balaban J connectivity index is 1.49. The summed E-state index contributed by atoms with van der Waals surface area (Å²) in [6, 6.07) is -0.356. The lowest BCUT2D eigenvalue weighted by molar-refractivity contribution is -0.131. The summed E-state index contributed by atoms with van der Waals surface area (Å²) in [4.78, 5) is 26.8. The normalized spacial score (nSPS) is 14.8. The number of amides is 2. The Labute approximate surface area is 208 Å². The summed E-state index contributed by atoms with van der Waals surface area (Å²) in [7, 11) is 0. The van der Waals surface area contributed by atoms with Crippen LogP contribution in [0.2, 0.25) is 0 Å². The van der Waals surface area contributed by atoms with E-state index in [9.17, 15) is 9.59 Å². The Bertz CT molecular complexity index is 696. The number of carbonyl (C=O) groups excluding carboxylic acids is 2. The van der Waals surface area contributed by atoms with Gasteiger partial charge in [-0.15, -0.1) is 5.10 Å². The van der Waals surface area contributed by atoms with Crippen LogP contribution < -0.4 is 10.6 Å². The van der Waals surface area contributed by atoms with Crippen LogP contribution in [0.5, 0.6) is 0 Å². The Kier molecular flexibility index (Phi) is 14.9. The van der Waals surface area contributed by atoms with Gasteiger partial charge >= 0.3 is 0 Å². The third-order valence-corrected chi connectivity index (χ3v) is 6.87. The van der Waals surface area contributed by atoms with Crippen LogP contribution in [0.4, 0.5) is 0 Å². The summed E-state index contributed by atoms with van der Waals surface area (Å²) in [5.41, 5.74) is 0.704. The van der Waals surface area contributed by atoms with Crippen molar-refractivity contribution >= 4 is 23.6 Å². The molecule has 194 valence electrons. The van der Waals surface area contributed by atoms with E-state index >= 15 is 0 Å². The highest BCUT2D eigenvalue weighted by molar-refractivity contribution is 7.98. The van der Waals surface area contributed by atoms with Crippen molar-refractivity contribution < 1.29 is 14.7 Å². The molecule has 0 bridgehead atoms. The number of aliphatic hydroxyl groups excluding tert-OH is 1. The quantitative estimate of drug-likeness (QED) is 0.267. The van der Waals surface area contributed by atoms with Crippen LogP contribution in [0, 0.1) is 0 Å². The van der Waals surface area contributed by atoms with Crippen LogP contribution in [-0.4, -0.2) is 88.2 Å². The number of aromatic nitrogens is 3. The molecule has 1 saturated heterocycles. The number of hydrogen-bond donors (Lipinski definition) is 3. The number of piperazine rings is 1. The number of thioether (sulfide) groups is 1. The van der Waals surface area contributed by atoms with Crippen LogP contribution in [-0.2, 0) is 16.0 Å². The van der Waals surface area contributed by atoms with Gasteiger partial charge in [0, 0.05) is 58.4 Å². The molecule has 9 nitrogen and oxygen atoms in total. The monoisotopic (exact) mass is 496 g/mol. The largest absolute Gasteiger partial charge is 0.396 e. The maximum atomic E-state index is 12.7. The fourth-order valence-corrected chi connectivity index (χ4v) is 4.63. The predicted octanol–water partition coefficient (Wildman–Crippen LogP) is 2.17. The van der Waals surface area contributed by atoms with Crippen molar-refractivity contribution in [1.29, 1.82) is 0 Å². The van der Waals surface area contributed by atoms with Gasteiger partial charge in [0.05, 0.1) is 5.69 Å². The lowest BCUT2D eigenvalue weighted by atomic mass is 10.1. The summed E-state index contributed by atoms with van der Waals surface area (Å²) >= 11 is 1.71. The highest BCUT2D eigenvalue weighted by Crippen LogP contribution is 2.15. The SMILES string of the molecule is CSCC[C@@H](C(=O)NCCCCCCCCCCC(=O)N1CCNCC1)n1cc(CCO)nn1. The molecular formula is C24H44N6O3S. The van der Waals surface area contributed by atoms with Gasteiger partial charge in [0.25, 0.3) is 0 Å². The number of hydrogen-bond acceptors (Lipinski definition) is 7. The Hall–Kier alpha value is -1.65. The second kappa shape index (κ2) is 17.7. The minimum Gasteiger partial charge on any atom is -0.396 e. The number of carbonyl (C=O) groups is 2. The second-order valence-corrected chi connectivity index (χ2v) is 9.95. The molecule has 2 rings (SSSR count). The second-order valence-electron chi connectivity index (χ2n) is 8.96. The van der Waals surface area contributed by atoms with Crippen LogP contribution in [0.15, 0.2) is 6.20 Å². The highest BCUT2D eigenvalue weighted by Gasteiger charge is 2.21. The average Bonchev–Trinajstić information content (AvgIpc) is 3.31. The molecule has 1 aromatic heterocycles. The van der Waals surface area contributed by atoms with Gasteiger partial charge in [-0.2, -0.15) is 11.8 Å². The number of aliphatic hydroxyl groups is 1. The van der Waals surface area contributed by atoms with E-state index < -0.39 is 0 Å². The van der Waals surface area contributed by atoms with Crippen molar-refractivity contribution in [2.45, 2.75) is 76.7 Å². The van der Waals surface area contributed by atoms with Crippen molar-refractivity contribution in [3.8, 4) is 0 Å². The molecule has 0 unspecified atom stereocenters. The third-order valence-electron chi connectivity index (χ3n) is 6.23. The first-order valence-corrected chi connectivity index (χ1v) is 14.3. The molecule has 0 aromatic carbocycles. The highest BCUT2D eigenvalue weighted by atomic mass is 32.2. The Morgan fingerprint density at radius 2 is 1.79 bits per heavy atom. The molecule has 10 heteroatoms. The molecule has 2 amide bonds. The van der Waals surface area contributed by atoms with Gasteiger partial charge in [0.15, 0.2) is 0 Å². The number of rotatable bonds is 18. The van der Waals surface area contributed by atoms with Crippen molar-refractivity contribution in [2.75, 3.05) is 51.3 Å². The lowest BCUT2D eigenvalue weighted by Crippen LogP contribution is -2.46. The van der Waals surface area contributed by atoms with E-state index in [-0.39, 0.29) is 18.6 Å². The average molecular weight is 497 g/mol. The molecule has 1 fully saturated rings. The standard InChI is InChI=1S/C24H44N6O3S/c1-34-19-12-22(30-20-21(11-18-31)27-28-30)24(33)26-13-9-7-5-3-2-4-6-8-10-23(32)29-16-14-25-15-17-29/h20,22,25,31H,2-19H2,1H3,(H,26,33)/t22-/m0/s1.